The molecule has 0 saturated heterocycles. The van der Waals surface area contributed by atoms with Crippen molar-refractivity contribution in [3.05, 3.63) is 63.2 Å². The van der Waals surface area contributed by atoms with Crippen molar-refractivity contribution in [2.45, 2.75) is 26.8 Å². The van der Waals surface area contributed by atoms with Gasteiger partial charge in [0, 0.05) is 12.6 Å². The van der Waals surface area contributed by atoms with Gasteiger partial charge in [-0.05, 0) is 50.6 Å². The second-order valence-corrected chi connectivity index (χ2v) is 7.11. The van der Waals surface area contributed by atoms with E-state index in [1.165, 1.54) is 12.1 Å². The minimum atomic E-state index is -0.860. The number of carboxylic acid groups (broad SMARTS) is 1. The minimum Gasteiger partial charge on any atom is -0.481 e. The summed E-state index contributed by atoms with van der Waals surface area (Å²) in [6, 6.07) is 11.4. The number of ether oxygens (including phenoxy) is 1. The number of rotatable bonds is 9. The number of nitro benzene ring substituents is 1. The summed E-state index contributed by atoms with van der Waals surface area (Å²) in [5, 5.41) is 24.0. The van der Waals surface area contributed by atoms with Gasteiger partial charge in [0.25, 0.3) is 0 Å². The molecule has 0 aliphatic heterocycles. The fraction of sp³-hybridized carbons (Fsp3) is 0.316. The highest BCUT2D eigenvalue weighted by Crippen LogP contribution is 2.35. The first-order valence-electron chi connectivity index (χ1n) is 8.34. The molecule has 0 atom stereocenters. The van der Waals surface area contributed by atoms with E-state index in [2.05, 4.69) is 5.32 Å². The Bertz CT molecular complexity index is 839. The molecule has 0 fully saturated rings. The fourth-order valence-electron chi connectivity index (χ4n) is 2.29. The quantitative estimate of drug-likeness (QED) is 0.366. The Morgan fingerprint density at radius 2 is 1.96 bits per heavy atom. The molecule has 2 N–H and O–H groups in total. The average Bonchev–Trinajstić information content (AvgIpc) is 2.61. The number of carboxylic acids is 1. The first-order chi connectivity index (χ1) is 12.7. The predicted octanol–water partition coefficient (Wildman–Crippen LogP) is 4.63. The number of hydrogen-bond acceptors (Lipinski definition) is 5. The van der Waals surface area contributed by atoms with Crippen molar-refractivity contribution in [1.82, 2.24) is 5.32 Å². The number of nitro groups is 1. The van der Waals surface area contributed by atoms with Gasteiger partial charge in [-0.25, -0.2) is 0 Å². The molecule has 0 aromatic heterocycles. The van der Waals surface area contributed by atoms with Crippen LogP contribution in [0.3, 0.4) is 0 Å². The van der Waals surface area contributed by atoms with Gasteiger partial charge in [0.2, 0.25) is 5.75 Å². The van der Waals surface area contributed by atoms with Gasteiger partial charge in [0.15, 0.2) is 0 Å². The summed E-state index contributed by atoms with van der Waals surface area (Å²) >= 11 is 6.03. The number of aliphatic carboxylic acids is 1. The molecule has 2 rings (SSSR count). The van der Waals surface area contributed by atoms with Crippen LogP contribution in [0.15, 0.2) is 42.5 Å². The van der Waals surface area contributed by atoms with Gasteiger partial charge in [-0.2, -0.15) is 0 Å². The van der Waals surface area contributed by atoms with Gasteiger partial charge in [-0.15, -0.1) is 0 Å². The van der Waals surface area contributed by atoms with Gasteiger partial charge in [0.1, 0.15) is 5.75 Å². The molecular formula is C19H21ClN2O5. The number of nitrogens with one attached hydrogen (secondary N) is 1. The largest absolute Gasteiger partial charge is 0.481 e. The van der Waals surface area contributed by atoms with E-state index in [-0.39, 0.29) is 11.4 Å². The molecular weight excluding hydrogens is 372 g/mol. The second-order valence-electron chi connectivity index (χ2n) is 6.71. The van der Waals surface area contributed by atoms with Crippen LogP contribution >= 0.6 is 11.6 Å². The lowest BCUT2D eigenvalue weighted by Crippen LogP contribution is -2.28. The van der Waals surface area contributed by atoms with Crippen molar-refractivity contribution < 1.29 is 19.6 Å². The molecule has 8 heteroatoms. The van der Waals surface area contributed by atoms with E-state index in [0.29, 0.717) is 35.8 Å². The number of nitrogens with zero attached hydrogens (tertiary/aromatic N) is 1. The lowest BCUT2D eigenvalue weighted by molar-refractivity contribution is -0.385. The first-order valence-corrected chi connectivity index (χ1v) is 8.72. The van der Waals surface area contributed by atoms with Crippen LogP contribution in [0.5, 0.6) is 11.5 Å². The highest BCUT2D eigenvalue weighted by molar-refractivity contribution is 6.32. The van der Waals surface area contributed by atoms with Crippen molar-refractivity contribution in [1.29, 1.82) is 0 Å². The van der Waals surface area contributed by atoms with Crippen LogP contribution in [0, 0.1) is 15.5 Å². The Hall–Kier alpha value is -2.64. The summed E-state index contributed by atoms with van der Waals surface area (Å²) in [6.07, 6.45) is 0.443. The monoisotopic (exact) mass is 392 g/mol. The maximum Gasteiger partial charge on any atom is 0.311 e. The van der Waals surface area contributed by atoms with Crippen molar-refractivity contribution in [3.8, 4) is 11.5 Å². The average molecular weight is 393 g/mol. The normalized spacial score (nSPS) is 11.2. The van der Waals surface area contributed by atoms with E-state index in [9.17, 15) is 14.9 Å². The molecule has 144 valence electrons. The van der Waals surface area contributed by atoms with Crippen LogP contribution in [-0.4, -0.2) is 22.5 Å². The van der Waals surface area contributed by atoms with Crippen LogP contribution in [0.2, 0.25) is 5.02 Å². The smallest absolute Gasteiger partial charge is 0.311 e. The van der Waals surface area contributed by atoms with E-state index in [1.54, 1.807) is 44.2 Å². The molecule has 0 spiro atoms. The molecule has 7 nitrogen and oxygen atoms in total. The Morgan fingerprint density at radius 3 is 2.59 bits per heavy atom. The summed E-state index contributed by atoms with van der Waals surface area (Å²) in [5.74, 6) is -0.422. The maximum atomic E-state index is 11.4. The van der Waals surface area contributed by atoms with Gasteiger partial charge < -0.3 is 15.2 Å². The third-order valence-corrected chi connectivity index (χ3v) is 4.42. The SMILES string of the molecule is CC(C)(CCNCc1ccc(Oc2ccccc2Cl)c([N+](=O)[O-])c1)C(=O)O. The molecule has 0 radical (unpaired) electrons. The zero-order valence-corrected chi connectivity index (χ0v) is 15.8. The lowest BCUT2D eigenvalue weighted by atomic mass is 9.90. The summed E-state index contributed by atoms with van der Waals surface area (Å²) < 4.78 is 5.59. The maximum absolute atomic E-state index is 11.4. The number of para-hydroxylation sites is 1. The van der Waals surface area contributed by atoms with Gasteiger partial charge in [-0.1, -0.05) is 29.8 Å². The molecule has 2 aromatic rings. The molecule has 27 heavy (non-hydrogen) atoms. The van der Waals surface area contributed by atoms with Crippen molar-refractivity contribution in [2.24, 2.45) is 5.41 Å². The molecule has 0 aliphatic carbocycles. The summed E-state index contributed by atoms with van der Waals surface area (Å²) in [6.45, 7) is 4.17. The van der Waals surface area contributed by atoms with E-state index in [0.717, 1.165) is 0 Å². The minimum absolute atomic E-state index is 0.101. The number of carbonyl (C=O) groups is 1. The molecule has 0 aliphatic rings. The van der Waals surface area contributed by atoms with Crippen molar-refractivity contribution in [2.75, 3.05) is 6.54 Å². The number of benzene rings is 2. The standard InChI is InChI=1S/C19H21ClN2O5/c1-19(2,18(23)24)9-10-21-12-13-7-8-17(15(11-13)22(25)26)27-16-6-4-3-5-14(16)20/h3-8,11,21H,9-10,12H2,1-2H3,(H,23,24). The van der Waals surface area contributed by atoms with Crippen LogP contribution in [-0.2, 0) is 11.3 Å². The number of hydrogen-bond donors (Lipinski definition) is 2. The molecule has 2 aromatic carbocycles. The summed E-state index contributed by atoms with van der Waals surface area (Å²) in [7, 11) is 0. The van der Waals surface area contributed by atoms with Gasteiger partial charge >= 0.3 is 11.7 Å². The van der Waals surface area contributed by atoms with Crippen LogP contribution < -0.4 is 10.1 Å². The van der Waals surface area contributed by atoms with E-state index in [4.69, 9.17) is 21.4 Å². The Balaban J connectivity index is 2.06. The second kappa shape index (κ2) is 8.83. The Morgan fingerprint density at radius 1 is 1.26 bits per heavy atom. The Kier molecular flexibility index (Phi) is 6.76. The summed E-state index contributed by atoms with van der Waals surface area (Å²) in [4.78, 5) is 22.0. The topological polar surface area (TPSA) is 102 Å². The van der Waals surface area contributed by atoms with Crippen LogP contribution in [0.1, 0.15) is 25.8 Å². The highest BCUT2D eigenvalue weighted by Gasteiger charge is 2.26. The molecule has 0 bridgehead atoms. The van der Waals surface area contributed by atoms with E-state index < -0.39 is 16.3 Å². The lowest BCUT2D eigenvalue weighted by Gasteiger charge is -2.19. The zero-order valence-electron chi connectivity index (χ0n) is 15.1. The van der Waals surface area contributed by atoms with Gasteiger partial charge in [-0.3, -0.25) is 14.9 Å². The fourth-order valence-corrected chi connectivity index (χ4v) is 2.46. The van der Waals surface area contributed by atoms with Crippen molar-refractivity contribution >= 4 is 23.3 Å². The van der Waals surface area contributed by atoms with Crippen molar-refractivity contribution in [3.63, 3.8) is 0 Å². The zero-order chi connectivity index (χ0) is 20.0. The van der Waals surface area contributed by atoms with Gasteiger partial charge in [0.05, 0.1) is 15.4 Å². The first kappa shape index (κ1) is 20.7. The molecule has 0 amide bonds. The van der Waals surface area contributed by atoms with Crippen LogP contribution in [0.25, 0.3) is 0 Å². The molecule has 0 unspecified atom stereocenters. The highest BCUT2D eigenvalue weighted by atomic mass is 35.5. The predicted molar refractivity (Wildman–Crippen MR) is 102 cm³/mol. The van der Waals surface area contributed by atoms with E-state index >= 15 is 0 Å². The third kappa shape index (κ3) is 5.67. The molecule has 0 saturated carbocycles. The molecule has 0 heterocycles. The van der Waals surface area contributed by atoms with Crippen LogP contribution in [0.4, 0.5) is 5.69 Å². The van der Waals surface area contributed by atoms with E-state index in [1.807, 2.05) is 0 Å². The Labute approximate surface area is 162 Å². The third-order valence-electron chi connectivity index (χ3n) is 4.11. The number of halogens is 1. The summed E-state index contributed by atoms with van der Waals surface area (Å²) in [5.41, 5.74) is -0.299.